The molecular formula is C8H11FN2O. The molecule has 0 radical (unpaired) electrons. The summed E-state index contributed by atoms with van der Waals surface area (Å²) in [6, 6.07) is 3.41. The van der Waals surface area contributed by atoms with Crippen molar-refractivity contribution in [3.8, 4) is 0 Å². The van der Waals surface area contributed by atoms with Crippen LogP contribution in [0.5, 0.6) is 0 Å². The largest absolute Gasteiger partial charge is 0.399 e. The molecule has 12 heavy (non-hydrogen) atoms. The summed E-state index contributed by atoms with van der Waals surface area (Å²) in [6.07, 6.45) is 0. The maximum atomic E-state index is 13.0. The Labute approximate surface area is 69.8 Å². The molecule has 1 aromatic rings. The lowest BCUT2D eigenvalue weighted by Crippen LogP contribution is -2.16. The van der Waals surface area contributed by atoms with Crippen LogP contribution in [0, 0.1) is 5.82 Å². The van der Waals surface area contributed by atoms with E-state index < -0.39 is 11.9 Å². The van der Waals surface area contributed by atoms with Crippen LogP contribution < -0.4 is 11.5 Å². The van der Waals surface area contributed by atoms with Gasteiger partial charge in [0.05, 0.1) is 12.6 Å². The van der Waals surface area contributed by atoms with Gasteiger partial charge in [0.1, 0.15) is 5.82 Å². The van der Waals surface area contributed by atoms with Gasteiger partial charge in [0.25, 0.3) is 0 Å². The topological polar surface area (TPSA) is 72.3 Å². The highest BCUT2D eigenvalue weighted by Crippen LogP contribution is 2.17. The Balaban J connectivity index is 3.04. The van der Waals surface area contributed by atoms with E-state index in [1.54, 1.807) is 0 Å². The molecule has 0 aliphatic heterocycles. The Bertz CT molecular complexity index is 278. The molecule has 0 heterocycles. The summed E-state index contributed by atoms with van der Waals surface area (Å²) in [5.74, 6) is -0.439. The van der Waals surface area contributed by atoms with Gasteiger partial charge in [-0.05, 0) is 18.2 Å². The van der Waals surface area contributed by atoms with Crippen LogP contribution in [-0.2, 0) is 0 Å². The highest BCUT2D eigenvalue weighted by Gasteiger charge is 2.09. The van der Waals surface area contributed by atoms with Gasteiger partial charge in [-0.3, -0.25) is 0 Å². The van der Waals surface area contributed by atoms with E-state index in [0.29, 0.717) is 5.69 Å². The van der Waals surface area contributed by atoms with Gasteiger partial charge in [-0.2, -0.15) is 0 Å². The molecule has 1 aromatic carbocycles. The van der Waals surface area contributed by atoms with Gasteiger partial charge in [-0.1, -0.05) is 0 Å². The van der Waals surface area contributed by atoms with Crippen LogP contribution in [0.4, 0.5) is 10.1 Å². The lowest BCUT2D eigenvalue weighted by Gasteiger charge is -2.09. The molecule has 0 saturated carbocycles. The standard InChI is InChI=1S/C8H11FN2O/c9-7-2-1-5(10)3-6(7)8(11)4-12/h1-3,8,12H,4,10-11H2/t8-/m0/s1. The first-order valence-electron chi connectivity index (χ1n) is 3.56. The van der Waals surface area contributed by atoms with E-state index in [4.69, 9.17) is 16.6 Å². The van der Waals surface area contributed by atoms with Crippen LogP contribution in [0.15, 0.2) is 18.2 Å². The van der Waals surface area contributed by atoms with Crippen LogP contribution >= 0.6 is 0 Å². The number of benzene rings is 1. The second-order valence-electron chi connectivity index (χ2n) is 2.57. The Hall–Kier alpha value is -1.13. The average molecular weight is 170 g/mol. The zero-order valence-corrected chi connectivity index (χ0v) is 6.50. The summed E-state index contributed by atoms with van der Waals surface area (Å²) in [7, 11) is 0. The lowest BCUT2D eigenvalue weighted by molar-refractivity contribution is 0.265. The summed E-state index contributed by atoms with van der Waals surface area (Å²) >= 11 is 0. The van der Waals surface area contributed by atoms with Gasteiger partial charge in [-0.15, -0.1) is 0 Å². The summed E-state index contributed by atoms with van der Waals surface area (Å²) in [6.45, 7) is -0.291. The van der Waals surface area contributed by atoms with E-state index in [2.05, 4.69) is 0 Å². The fraction of sp³-hybridized carbons (Fsp3) is 0.250. The van der Waals surface area contributed by atoms with Gasteiger partial charge < -0.3 is 16.6 Å². The minimum absolute atomic E-state index is 0.248. The summed E-state index contributed by atoms with van der Waals surface area (Å²) < 4.78 is 13.0. The van der Waals surface area contributed by atoms with Crippen molar-refractivity contribution in [2.45, 2.75) is 6.04 Å². The van der Waals surface area contributed by atoms with Crippen molar-refractivity contribution in [1.82, 2.24) is 0 Å². The van der Waals surface area contributed by atoms with Crippen molar-refractivity contribution in [3.63, 3.8) is 0 Å². The van der Waals surface area contributed by atoms with Crippen molar-refractivity contribution in [2.24, 2.45) is 5.73 Å². The van der Waals surface area contributed by atoms with Gasteiger partial charge in [0.15, 0.2) is 0 Å². The Morgan fingerprint density at radius 3 is 2.75 bits per heavy atom. The molecule has 0 bridgehead atoms. The second kappa shape index (κ2) is 3.51. The number of aliphatic hydroxyl groups is 1. The predicted molar refractivity (Wildman–Crippen MR) is 44.8 cm³/mol. The molecule has 5 N–H and O–H groups in total. The molecule has 0 aromatic heterocycles. The van der Waals surface area contributed by atoms with Crippen LogP contribution in [0.25, 0.3) is 0 Å². The number of halogens is 1. The van der Waals surface area contributed by atoms with Crippen LogP contribution in [0.3, 0.4) is 0 Å². The fourth-order valence-electron chi connectivity index (χ4n) is 0.945. The number of aliphatic hydroxyl groups excluding tert-OH is 1. The van der Waals surface area contributed by atoms with Gasteiger partial charge >= 0.3 is 0 Å². The van der Waals surface area contributed by atoms with Crippen molar-refractivity contribution in [2.75, 3.05) is 12.3 Å². The van der Waals surface area contributed by atoms with E-state index in [0.717, 1.165) is 0 Å². The molecule has 0 aliphatic carbocycles. The minimum Gasteiger partial charge on any atom is -0.399 e. The number of hydrogen-bond acceptors (Lipinski definition) is 3. The first-order valence-corrected chi connectivity index (χ1v) is 3.56. The van der Waals surface area contributed by atoms with E-state index in [9.17, 15) is 4.39 Å². The SMILES string of the molecule is Nc1ccc(F)c([C@@H](N)CO)c1. The first kappa shape index (κ1) is 8.96. The Morgan fingerprint density at radius 1 is 1.50 bits per heavy atom. The molecule has 0 spiro atoms. The van der Waals surface area contributed by atoms with Gasteiger partial charge in [0, 0.05) is 11.3 Å². The highest BCUT2D eigenvalue weighted by atomic mass is 19.1. The zero-order valence-electron chi connectivity index (χ0n) is 6.50. The summed E-state index contributed by atoms with van der Waals surface area (Å²) in [4.78, 5) is 0. The maximum absolute atomic E-state index is 13.0. The lowest BCUT2D eigenvalue weighted by atomic mass is 10.1. The Morgan fingerprint density at radius 2 is 2.17 bits per heavy atom. The minimum atomic E-state index is -0.700. The fourth-order valence-corrected chi connectivity index (χ4v) is 0.945. The third-order valence-electron chi connectivity index (χ3n) is 1.62. The zero-order chi connectivity index (χ0) is 9.14. The van der Waals surface area contributed by atoms with Gasteiger partial charge in [0.2, 0.25) is 0 Å². The van der Waals surface area contributed by atoms with Crippen LogP contribution in [-0.4, -0.2) is 11.7 Å². The molecule has 1 atom stereocenters. The Kier molecular flexibility index (Phi) is 2.62. The average Bonchev–Trinajstić information content (AvgIpc) is 2.08. The van der Waals surface area contributed by atoms with Crippen molar-refractivity contribution < 1.29 is 9.50 Å². The maximum Gasteiger partial charge on any atom is 0.128 e. The van der Waals surface area contributed by atoms with E-state index in [-0.39, 0.29) is 12.2 Å². The van der Waals surface area contributed by atoms with Gasteiger partial charge in [-0.25, -0.2) is 4.39 Å². The van der Waals surface area contributed by atoms with Crippen molar-refractivity contribution >= 4 is 5.69 Å². The molecular weight excluding hydrogens is 159 g/mol. The molecule has 0 amide bonds. The molecule has 0 aliphatic rings. The third kappa shape index (κ3) is 1.72. The number of hydrogen-bond donors (Lipinski definition) is 3. The van der Waals surface area contributed by atoms with E-state index >= 15 is 0 Å². The van der Waals surface area contributed by atoms with Crippen molar-refractivity contribution in [1.29, 1.82) is 0 Å². The molecule has 0 fully saturated rings. The number of nitrogen functional groups attached to an aromatic ring is 1. The second-order valence-corrected chi connectivity index (χ2v) is 2.57. The molecule has 0 unspecified atom stereocenters. The number of rotatable bonds is 2. The highest BCUT2D eigenvalue weighted by molar-refractivity contribution is 5.42. The molecule has 4 heteroatoms. The van der Waals surface area contributed by atoms with Crippen LogP contribution in [0.2, 0.25) is 0 Å². The summed E-state index contributed by atoms with van der Waals surface area (Å²) in [5.41, 5.74) is 11.5. The monoisotopic (exact) mass is 170 g/mol. The molecule has 3 nitrogen and oxygen atoms in total. The third-order valence-corrected chi connectivity index (χ3v) is 1.62. The summed E-state index contributed by atoms with van der Waals surface area (Å²) in [5, 5.41) is 8.67. The normalized spacial score (nSPS) is 12.9. The molecule has 1 rings (SSSR count). The predicted octanol–water partition coefficient (Wildman–Crippen LogP) is 0.400. The number of anilines is 1. The van der Waals surface area contributed by atoms with E-state index in [1.165, 1.54) is 18.2 Å². The molecule has 66 valence electrons. The number of nitrogens with two attached hydrogens (primary N) is 2. The smallest absolute Gasteiger partial charge is 0.128 e. The molecule has 0 saturated heterocycles. The first-order chi connectivity index (χ1) is 5.65. The van der Waals surface area contributed by atoms with Crippen LogP contribution in [0.1, 0.15) is 11.6 Å². The van der Waals surface area contributed by atoms with Crippen molar-refractivity contribution in [3.05, 3.63) is 29.6 Å². The quantitative estimate of drug-likeness (QED) is 0.562. The van der Waals surface area contributed by atoms with E-state index in [1.807, 2.05) is 0 Å².